The number of hydrogen-bond donors (Lipinski definition) is 0. The monoisotopic (exact) mass is 400 g/mol. The summed E-state index contributed by atoms with van der Waals surface area (Å²) in [5.41, 5.74) is 2.39. The van der Waals surface area contributed by atoms with Gasteiger partial charge in [0.1, 0.15) is 5.82 Å². The minimum absolute atomic E-state index is 0. The zero-order chi connectivity index (χ0) is 18.8. The number of amides is 1. The number of carbonyl (C=O) groups excluding carboxylic acids is 1. The van der Waals surface area contributed by atoms with Crippen LogP contribution in [-0.2, 0) is 0 Å². The Bertz CT molecular complexity index is 949. The standard InChI is InChI=1S/C21H21FN4O.ClH/c1-16-6-8-17(9-7-16)26-11-10-23-21(26)25-14-12-24(13-15-25)20(27)18-4-2-3-5-19(18)22;/h2-11H,12-15H2,1H3;1H. The van der Waals surface area contributed by atoms with Crippen LogP contribution in [0.4, 0.5) is 10.3 Å². The molecule has 0 saturated carbocycles. The number of halogens is 2. The molecular formula is C21H22ClFN4O. The van der Waals surface area contributed by atoms with Crippen LogP contribution in [0.1, 0.15) is 15.9 Å². The second-order valence-electron chi connectivity index (χ2n) is 6.69. The van der Waals surface area contributed by atoms with Gasteiger partial charge in [-0.25, -0.2) is 9.37 Å². The zero-order valence-electron chi connectivity index (χ0n) is 15.6. The van der Waals surface area contributed by atoms with E-state index in [0.29, 0.717) is 26.2 Å². The van der Waals surface area contributed by atoms with E-state index in [-0.39, 0.29) is 23.9 Å². The summed E-state index contributed by atoms with van der Waals surface area (Å²) in [6, 6.07) is 14.4. The van der Waals surface area contributed by atoms with E-state index in [4.69, 9.17) is 0 Å². The molecule has 5 nitrogen and oxygen atoms in total. The number of rotatable bonds is 3. The molecule has 0 radical (unpaired) electrons. The van der Waals surface area contributed by atoms with Crippen LogP contribution in [0.5, 0.6) is 0 Å². The summed E-state index contributed by atoms with van der Waals surface area (Å²) in [4.78, 5) is 20.9. The van der Waals surface area contributed by atoms with Crippen LogP contribution in [0.2, 0.25) is 0 Å². The van der Waals surface area contributed by atoms with Gasteiger partial charge in [-0.15, -0.1) is 12.4 Å². The molecule has 3 aromatic rings. The summed E-state index contributed by atoms with van der Waals surface area (Å²) < 4.78 is 15.9. The Labute approximate surface area is 169 Å². The van der Waals surface area contributed by atoms with Crippen LogP contribution < -0.4 is 4.90 Å². The molecule has 1 fully saturated rings. The van der Waals surface area contributed by atoms with Gasteiger partial charge < -0.3 is 9.80 Å². The van der Waals surface area contributed by atoms with Gasteiger partial charge in [0, 0.05) is 44.3 Å². The van der Waals surface area contributed by atoms with E-state index in [1.807, 2.05) is 10.8 Å². The average Bonchev–Trinajstić information content (AvgIpc) is 3.18. The molecule has 7 heteroatoms. The van der Waals surface area contributed by atoms with Crippen LogP contribution >= 0.6 is 12.4 Å². The van der Waals surface area contributed by atoms with Gasteiger partial charge in [0.15, 0.2) is 0 Å². The van der Waals surface area contributed by atoms with Gasteiger partial charge >= 0.3 is 0 Å². The van der Waals surface area contributed by atoms with E-state index in [0.717, 1.165) is 11.6 Å². The van der Waals surface area contributed by atoms with Crippen molar-refractivity contribution in [3.05, 3.63) is 77.9 Å². The van der Waals surface area contributed by atoms with Crippen LogP contribution in [0.3, 0.4) is 0 Å². The Morgan fingerprint density at radius 2 is 1.68 bits per heavy atom. The lowest BCUT2D eigenvalue weighted by Crippen LogP contribution is -2.49. The van der Waals surface area contributed by atoms with E-state index in [1.165, 1.54) is 17.7 Å². The van der Waals surface area contributed by atoms with Crippen molar-refractivity contribution in [1.29, 1.82) is 0 Å². The summed E-state index contributed by atoms with van der Waals surface area (Å²) in [7, 11) is 0. The lowest BCUT2D eigenvalue weighted by molar-refractivity contribution is 0.0741. The molecule has 0 spiro atoms. The Morgan fingerprint density at radius 3 is 2.36 bits per heavy atom. The number of benzene rings is 2. The van der Waals surface area contributed by atoms with Crippen molar-refractivity contribution >= 4 is 24.3 Å². The minimum Gasteiger partial charge on any atom is -0.338 e. The molecule has 0 aliphatic carbocycles. The summed E-state index contributed by atoms with van der Waals surface area (Å²) in [5, 5.41) is 0. The first kappa shape index (κ1) is 19.9. The molecule has 0 atom stereocenters. The zero-order valence-corrected chi connectivity index (χ0v) is 16.4. The molecule has 2 heterocycles. The highest BCUT2D eigenvalue weighted by Gasteiger charge is 2.25. The van der Waals surface area contributed by atoms with E-state index in [9.17, 15) is 9.18 Å². The van der Waals surface area contributed by atoms with Crippen LogP contribution in [0, 0.1) is 12.7 Å². The van der Waals surface area contributed by atoms with Crippen molar-refractivity contribution in [2.24, 2.45) is 0 Å². The van der Waals surface area contributed by atoms with Gasteiger partial charge in [-0.3, -0.25) is 9.36 Å². The summed E-state index contributed by atoms with van der Waals surface area (Å²) >= 11 is 0. The predicted molar refractivity (Wildman–Crippen MR) is 110 cm³/mol. The Balaban J connectivity index is 0.00000225. The summed E-state index contributed by atoms with van der Waals surface area (Å²) in [6.45, 7) is 4.44. The first-order valence-electron chi connectivity index (χ1n) is 9.02. The van der Waals surface area contributed by atoms with Gasteiger partial charge in [-0.1, -0.05) is 29.8 Å². The third kappa shape index (κ3) is 3.87. The maximum Gasteiger partial charge on any atom is 0.256 e. The molecule has 1 aliphatic heterocycles. The van der Waals surface area contributed by atoms with Gasteiger partial charge in [0.2, 0.25) is 5.95 Å². The average molecular weight is 401 g/mol. The van der Waals surface area contributed by atoms with Crippen molar-refractivity contribution in [2.75, 3.05) is 31.1 Å². The second kappa shape index (κ2) is 8.44. The van der Waals surface area contributed by atoms with Crippen LogP contribution in [0.25, 0.3) is 5.69 Å². The third-order valence-corrected chi connectivity index (χ3v) is 4.89. The van der Waals surface area contributed by atoms with Crippen molar-refractivity contribution in [3.63, 3.8) is 0 Å². The predicted octanol–water partition coefficient (Wildman–Crippen LogP) is 3.70. The smallest absolute Gasteiger partial charge is 0.256 e. The fourth-order valence-electron chi connectivity index (χ4n) is 3.35. The molecule has 4 rings (SSSR count). The fraction of sp³-hybridized carbons (Fsp3) is 0.238. The Kier molecular flexibility index (Phi) is 5.99. The van der Waals surface area contributed by atoms with Crippen molar-refractivity contribution in [2.45, 2.75) is 6.92 Å². The number of nitrogens with zero attached hydrogens (tertiary/aromatic N) is 4. The maximum atomic E-state index is 13.9. The van der Waals surface area contributed by atoms with Crippen molar-refractivity contribution in [3.8, 4) is 5.69 Å². The highest BCUT2D eigenvalue weighted by molar-refractivity contribution is 5.94. The molecule has 1 aromatic heterocycles. The molecule has 0 bridgehead atoms. The molecular weight excluding hydrogens is 379 g/mol. The van der Waals surface area contributed by atoms with Crippen LogP contribution in [0.15, 0.2) is 60.9 Å². The quantitative estimate of drug-likeness (QED) is 0.673. The molecule has 0 unspecified atom stereocenters. The number of aryl methyl sites for hydroxylation is 1. The number of piperazine rings is 1. The molecule has 1 aliphatic rings. The number of carbonyl (C=O) groups is 1. The van der Waals surface area contributed by atoms with E-state index < -0.39 is 5.82 Å². The van der Waals surface area contributed by atoms with E-state index in [2.05, 4.69) is 41.1 Å². The van der Waals surface area contributed by atoms with Crippen molar-refractivity contribution in [1.82, 2.24) is 14.5 Å². The Morgan fingerprint density at radius 1 is 1.00 bits per heavy atom. The van der Waals surface area contributed by atoms with E-state index in [1.54, 1.807) is 23.2 Å². The van der Waals surface area contributed by atoms with E-state index >= 15 is 0 Å². The highest BCUT2D eigenvalue weighted by atomic mass is 35.5. The molecule has 28 heavy (non-hydrogen) atoms. The molecule has 1 amide bonds. The maximum absolute atomic E-state index is 13.9. The lowest BCUT2D eigenvalue weighted by Gasteiger charge is -2.35. The normalized spacial score (nSPS) is 13.9. The first-order chi connectivity index (χ1) is 13.1. The SMILES string of the molecule is Cc1ccc(-n2ccnc2N2CCN(C(=O)c3ccccc3F)CC2)cc1.Cl. The second-order valence-corrected chi connectivity index (χ2v) is 6.69. The summed E-state index contributed by atoms with van der Waals surface area (Å²) in [5.74, 6) is 0.131. The van der Waals surface area contributed by atoms with Gasteiger partial charge in [-0.05, 0) is 31.2 Å². The largest absolute Gasteiger partial charge is 0.338 e. The van der Waals surface area contributed by atoms with Gasteiger partial charge in [0.25, 0.3) is 5.91 Å². The van der Waals surface area contributed by atoms with Gasteiger partial charge in [0.05, 0.1) is 5.56 Å². The summed E-state index contributed by atoms with van der Waals surface area (Å²) in [6.07, 6.45) is 3.73. The molecule has 0 N–H and O–H groups in total. The first-order valence-corrected chi connectivity index (χ1v) is 9.02. The number of imidazole rings is 1. The molecule has 146 valence electrons. The third-order valence-electron chi connectivity index (χ3n) is 4.89. The molecule has 2 aromatic carbocycles. The fourth-order valence-corrected chi connectivity index (χ4v) is 3.35. The molecule has 1 saturated heterocycles. The number of anilines is 1. The topological polar surface area (TPSA) is 41.4 Å². The minimum atomic E-state index is -0.472. The van der Waals surface area contributed by atoms with Crippen molar-refractivity contribution < 1.29 is 9.18 Å². The van der Waals surface area contributed by atoms with Crippen LogP contribution in [-0.4, -0.2) is 46.5 Å². The number of aromatic nitrogens is 2. The number of hydrogen-bond acceptors (Lipinski definition) is 3. The van der Waals surface area contributed by atoms with Gasteiger partial charge in [-0.2, -0.15) is 0 Å². The Hall–Kier alpha value is -2.86. The lowest BCUT2D eigenvalue weighted by atomic mass is 10.1. The highest BCUT2D eigenvalue weighted by Crippen LogP contribution is 2.21.